The summed E-state index contributed by atoms with van der Waals surface area (Å²) in [6, 6.07) is 16.3. The molecule has 2 heterocycles. The molecule has 2 aromatic rings. The number of ether oxygens (including phenoxy) is 1. The predicted molar refractivity (Wildman–Crippen MR) is 123 cm³/mol. The van der Waals surface area contributed by atoms with Gasteiger partial charge in [-0.25, -0.2) is 0 Å². The molecular weight excluding hydrogens is 404 g/mol. The smallest absolute Gasteiger partial charge is 0.295 e. The fourth-order valence-corrected chi connectivity index (χ4v) is 4.35. The van der Waals surface area contributed by atoms with Gasteiger partial charge in [-0.3, -0.25) is 14.5 Å². The van der Waals surface area contributed by atoms with Crippen LogP contribution in [0.25, 0.3) is 5.76 Å². The lowest BCUT2D eigenvalue weighted by atomic mass is 9.93. The van der Waals surface area contributed by atoms with Gasteiger partial charge in [0.15, 0.2) is 0 Å². The Morgan fingerprint density at radius 3 is 2.28 bits per heavy atom. The number of likely N-dealkylation sites (tertiary alicyclic amines) is 1. The van der Waals surface area contributed by atoms with Gasteiger partial charge in [0.2, 0.25) is 0 Å². The van der Waals surface area contributed by atoms with Gasteiger partial charge in [-0.2, -0.15) is 0 Å². The highest BCUT2D eigenvalue weighted by atomic mass is 16.5. The van der Waals surface area contributed by atoms with E-state index in [0.29, 0.717) is 37.8 Å². The standard InChI is InChI=1S/C26H30N2O4/c1-18(2)19-8-10-20(11-9-19)23-22(24(29)21-6-4-3-5-7-21)25(30)26(31)28(23)13-12-27-14-16-32-17-15-27/h3-11,18,23,29H,12-17H2,1-2H3/b24-22+/t23-/m1/s1. The highest BCUT2D eigenvalue weighted by Gasteiger charge is 2.46. The number of ketones is 1. The minimum atomic E-state index is -0.633. The molecule has 1 atom stereocenters. The molecule has 0 aliphatic carbocycles. The zero-order chi connectivity index (χ0) is 22.7. The number of benzene rings is 2. The Balaban J connectivity index is 1.72. The van der Waals surface area contributed by atoms with Gasteiger partial charge in [-0.15, -0.1) is 0 Å². The fraction of sp³-hybridized carbons (Fsp3) is 0.385. The summed E-state index contributed by atoms with van der Waals surface area (Å²) in [6.45, 7) is 8.27. The first-order valence-corrected chi connectivity index (χ1v) is 11.2. The Hall–Kier alpha value is -2.96. The van der Waals surface area contributed by atoms with E-state index in [1.807, 2.05) is 30.3 Å². The molecule has 4 rings (SSSR count). The van der Waals surface area contributed by atoms with Crippen molar-refractivity contribution in [3.05, 3.63) is 76.9 Å². The molecule has 2 saturated heterocycles. The maximum Gasteiger partial charge on any atom is 0.295 e. The monoisotopic (exact) mass is 434 g/mol. The van der Waals surface area contributed by atoms with Crippen molar-refractivity contribution in [2.24, 2.45) is 0 Å². The molecule has 32 heavy (non-hydrogen) atoms. The van der Waals surface area contributed by atoms with Crippen molar-refractivity contribution in [2.75, 3.05) is 39.4 Å². The van der Waals surface area contributed by atoms with E-state index in [4.69, 9.17) is 4.74 Å². The highest BCUT2D eigenvalue weighted by molar-refractivity contribution is 6.46. The van der Waals surface area contributed by atoms with Gasteiger partial charge in [-0.1, -0.05) is 68.4 Å². The molecule has 2 aliphatic rings. The first-order valence-electron chi connectivity index (χ1n) is 11.2. The van der Waals surface area contributed by atoms with E-state index in [2.05, 4.69) is 18.7 Å². The van der Waals surface area contributed by atoms with E-state index < -0.39 is 17.7 Å². The largest absolute Gasteiger partial charge is 0.507 e. The number of morpholine rings is 1. The van der Waals surface area contributed by atoms with Gasteiger partial charge in [0.05, 0.1) is 24.8 Å². The lowest BCUT2D eigenvalue weighted by molar-refractivity contribution is -0.140. The molecule has 6 nitrogen and oxygen atoms in total. The number of hydrogen-bond donors (Lipinski definition) is 1. The van der Waals surface area contributed by atoms with Gasteiger partial charge in [-0.05, 0) is 17.0 Å². The predicted octanol–water partition coefficient (Wildman–Crippen LogP) is 3.56. The van der Waals surface area contributed by atoms with Crippen molar-refractivity contribution in [3.63, 3.8) is 0 Å². The van der Waals surface area contributed by atoms with Crippen molar-refractivity contribution in [1.82, 2.24) is 9.80 Å². The van der Waals surface area contributed by atoms with Crippen molar-refractivity contribution < 1.29 is 19.4 Å². The summed E-state index contributed by atoms with van der Waals surface area (Å²) in [7, 11) is 0. The Morgan fingerprint density at radius 1 is 1.00 bits per heavy atom. The quantitative estimate of drug-likeness (QED) is 0.428. The topological polar surface area (TPSA) is 70.1 Å². The molecule has 0 spiro atoms. The van der Waals surface area contributed by atoms with Crippen LogP contribution >= 0.6 is 0 Å². The number of amides is 1. The van der Waals surface area contributed by atoms with Gasteiger partial charge < -0.3 is 14.7 Å². The summed E-state index contributed by atoms with van der Waals surface area (Å²) in [5.41, 5.74) is 2.69. The van der Waals surface area contributed by atoms with Crippen LogP contribution in [0.3, 0.4) is 0 Å². The summed E-state index contributed by atoms with van der Waals surface area (Å²) in [5.74, 6) is -0.947. The first kappa shape index (κ1) is 22.2. The van der Waals surface area contributed by atoms with Gasteiger partial charge >= 0.3 is 0 Å². The summed E-state index contributed by atoms with van der Waals surface area (Å²) < 4.78 is 5.41. The Morgan fingerprint density at radius 2 is 1.66 bits per heavy atom. The van der Waals surface area contributed by atoms with Crippen molar-refractivity contribution in [3.8, 4) is 0 Å². The van der Waals surface area contributed by atoms with E-state index in [9.17, 15) is 14.7 Å². The average molecular weight is 435 g/mol. The molecule has 0 unspecified atom stereocenters. The Kier molecular flexibility index (Phi) is 6.72. The lowest BCUT2D eigenvalue weighted by Crippen LogP contribution is -2.42. The third kappa shape index (κ3) is 4.47. The van der Waals surface area contributed by atoms with Crippen LogP contribution < -0.4 is 0 Å². The zero-order valence-corrected chi connectivity index (χ0v) is 18.7. The number of carbonyl (C=O) groups excluding carboxylic acids is 2. The molecule has 0 bridgehead atoms. The molecule has 0 aromatic heterocycles. The van der Waals surface area contributed by atoms with Gasteiger partial charge in [0.1, 0.15) is 5.76 Å². The maximum atomic E-state index is 13.1. The minimum Gasteiger partial charge on any atom is -0.507 e. The zero-order valence-electron chi connectivity index (χ0n) is 18.7. The first-order chi connectivity index (χ1) is 15.5. The number of hydrogen-bond acceptors (Lipinski definition) is 5. The SMILES string of the molecule is CC(C)c1ccc([C@@H]2/C(=C(\O)c3ccccc3)C(=O)C(=O)N2CCN2CCOCC2)cc1. The van der Waals surface area contributed by atoms with Crippen LogP contribution in [0.5, 0.6) is 0 Å². The third-order valence-corrected chi connectivity index (χ3v) is 6.27. The molecule has 1 N–H and O–H groups in total. The second-order valence-electron chi connectivity index (χ2n) is 8.63. The number of nitrogens with zero attached hydrogens (tertiary/aromatic N) is 2. The van der Waals surface area contributed by atoms with E-state index in [-0.39, 0.29) is 11.3 Å². The molecule has 168 valence electrons. The molecule has 2 aliphatic heterocycles. The summed E-state index contributed by atoms with van der Waals surface area (Å²) in [5, 5.41) is 11.1. The van der Waals surface area contributed by atoms with E-state index >= 15 is 0 Å². The average Bonchev–Trinajstić information content (AvgIpc) is 3.08. The van der Waals surface area contributed by atoms with Crippen molar-refractivity contribution >= 4 is 17.4 Å². The van der Waals surface area contributed by atoms with Crippen LogP contribution in [0, 0.1) is 0 Å². The number of Topliss-reactive ketones (excluding diaryl/α,β-unsaturated/α-hetero) is 1. The Bertz CT molecular complexity index is 992. The van der Waals surface area contributed by atoms with E-state index in [1.165, 1.54) is 5.56 Å². The number of rotatable bonds is 6. The van der Waals surface area contributed by atoms with E-state index in [0.717, 1.165) is 18.7 Å². The van der Waals surface area contributed by atoms with E-state index in [1.54, 1.807) is 29.2 Å². The van der Waals surface area contributed by atoms with Gasteiger partial charge in [0, 0.05) is 31.7 Å². The molecule has 1 amide bonds. The minimum absolute atomic E-state index is 0.129. The number of carbonyl (C=O) groups is 2. The van der Waals surface area contributed by atoms with Crippen LogP contribution in [-0.2, 0) is 14.3 Å². The van der Waals surface area contributed by atoms with Crippen LogP contribution in [0.15, 0.2) is 60.2 Å². The summed E-state index contributed by atoms with van der Waals surface area (Å²) in [6.07, 6.45) is 0. The van der Waals surface area contributed by atoms with Crippen molar-refractivity contribution in [2.45, 2.75) is 25.8 Å². The number of aliphatic hydroxyl groups excluding tert-OH is 1. The van der Waals surface area contributed by atoms with Crippen molar-refractivity contribution in [1.29, 1.82) is 0 Å². The second-order valence-corrected chi connectivity index (χ2v) is 8.63. The fourth-order valence-electron chi connectivity index (χ4n) is 4.35. The molecule has 6 heteroatoms. The Labute approximate surface area is 189 Å². The lowest BCUT2D eigenvalue weighted by Gasteiger charge is -2.31. The molecule has 2 fully saturated rings. The second kappa shape index (κ2) is 9.67. The molecular formula is C26H30N2O4. The van der Waals surface area contributed by atoms with Crippen LogP contribution in [0.4, 0.5) is 0 Å². The molecule has 2 aromatic carbocycles. The summed E-state index contributed by atoms with van der Waals surface area (Å²) >= 11 is 0. The molecule has 0 radical (unpaired) electrons. The van der Waals surface area contributed by atoms with Gasteiger partial charge in [0.25, 0.3) is 11.7 Å². The third-order valence-electron chi connectivity index (χ3n) is 6.27. The maximum absolute atomic E-state index is 13.1. The molecule has 0 saturated carbocycles. The van der Waals surface area contributed by atoms with Crippen LogP contribution in [0.1, 0.15) is 42.5 Å². The number of aliphatic hydroxyl groups is 1. The normalized spacial score (nSPS) is 21.5. The highest BCUT2D eigenvalue weighted by Crippen LogP contribution is 2.39. The van der Waals surface area contributed by atoms with Crippen LogP contribution in [-0.4, -0.2) is 66.0 Å². The van der Waals surface area contributed by atoms with Crippen LogP contribution in [0.2, 0.25) is 0 Å². The summed E-state index contributed by atoms with van der Waals surface area (Å²) in [4.78, 5) is 30.0.